The molecular weight excluding hydrogens is 312 g/mol. The number of hydrogen-bond acceptors (Lipinski definition) is 3. The molecule has 6 heteroatoms. The van der Waals surface area contributed by atoms with Crippen molar-refractivity contribution in [3.05, 3.63) is 34.9 Å². The summed E-state index contributed by atoms with van der Waals surface area (Å²) in [5, 5.41) is 0. The maximum Gasteiger partial charge on any atom is 0.227 e. The minimum Gasteiger partial charge on any atom is -0.341 e. The molecule has 126 valence electrons. The summed E-state index contributed by atoms with van der Waals surface area (Å²) < 4.78 is 24.7. The summed E-state index contributed by atoms with van der Waals surface area (Å²) in [4.78, 5) is 14.3. The second kappa shape index (κ2) is 6.61. The Morgan fingerprint density at radius 3 is 2.61 bits per heavy atom. The van der Waals surface area contributed by atoms with E-state index in [-0.39, 0.29) is 5.91 Å². The molecule has 0 unspecified atom stereocenters. The molecule has 2 aliphatic rings. The fourth-order valence-corrected chi connectivity index (χ4v) is 4.37. The molecule has 1 aliphatic heterocycles. The van der Waals surface area contributed by atoms with Crippen molar-refractivity contribution < 1.29 is 13.2 Å². The van der Waals surface area contributed by atoms with Crippen molar-refractivity contribution in [2.45, 2.75) is 32.1 Å². The van der Waals surface area contributed by atoms with Gasteiger partial charge in [-0.15, -0.1) is 0 Å². The molecule has 1 aromatic rings. The van der Waals surface area contributed by atoms with Gasteiger partial charge in [0.05, 0.1) is 12.7 Å². The van der Waals surface area contributed by atoms with E-state index in [4.69, 9.17) is 0 Å². The van der Waals surface area contributed by atoms with Crippen molar-refractivity contribution in [1.82, 2.24) is 9.21 Å². The highest BCUT2D eigenvalue weighted by Crippen LogP contribution is 2.23. The van der Waals surface area contributed by atoms with Gasteiger partial charge in [-0.2, -0.15) is 0 Å². The molecule has 0 bridgehead atoms. The van der Waals surface area contributed by atoms with Crippen molar-refractivity contribution in [3.8, 4) is 0 Å². The van der Waals surface area contributed by atoms with Crippen molar-refractivity contribution in [2.24, 2.45) is 0 Å². The zero-order valence-electron chi connectivity index (χ0n) is 13.6. The first-order valence-corrected chi connectivity index (χ1v) is 10.1. The molecule has 0 spiro atoms. The number of amides is 1. The molecule has 1 fully saturated rings. The number of rotatable bonds is 3. The number of hydrogen-bond donors (Lipinski definition) is 0. The number of benzene rings is 1. The smallest absolute Gasteiger partial charge is 0.227 e. The van der Waals surface area contributed by atoms with Crippen LogP contribution in [0.3, 0.4) is 0 Å². The molecular formula is C17H24N2O3S. The van der Waals surface area contributed by atoms with Crippen LogP contribution in [0.2, 0.25) is 0 Å². The first-order valence-electron chi connectivity index (χ1n) is 8.27. The van der Waals surface area contributed by atoms with E-state index in [1.807, 2.05) is 0 Å². The monoisotopic (exact) mass is 336 g/mol. The maximum atomic E-state index is 12.5. The second-order valence-corrected chi connectivity index (χ2v) is 8.51. The minimum absolute atomic E-state index is 0.0956. The maximum absolute atomic E-state index is 12.5. The summed E-state index contributed by atoms with van der Waals surface area (Å²) in [6.07, 6.45) is 5.81. The van der Waals surface area contributed by atoms with Gasteiger partial charge in [0.25, 0.3) is 0 Å². The van der Waals surface area contributed by atoms with E-state index in [9.17, 15) is 13.2 Å². The first-order chi connectivity index (χ1) is 10.9. The Morgan fingerprint density at radius 2 is 1.83 bits per heavy atom. The topological polar surface area (TPSA) is 57.7 Å². The highest BCUT2D eigenvalue weighted by atomic mass is 32.2. The van der Waals surface area contributed by atoms with Crippen LogP contribution in [-0.2, 0) is 34.1 Å². The van der Waals surface area contributed by atoms with E-state index < -0.39 is 10.0 Å². The van der Waals surface area contributed by atoms with Gasteiger partial charge in [-0.05, 0) is 42.4 Å². The first kappa shape index (κ1) is 16.5. The standard InChI is InChI=1S/C17H24N2O3S/c1-23(21,22)19-9-3-8-18(10-11-19)17(20)13-14-6-7-15-4-2-5-16(15)12-14/h6-7,12H,2-5,8-11,13H2,1H3. The summed E-state index contributed by atoms with van der Waals surface area (Å²) >= 11 is 0. The average molecular weight is 336 g/mol. The van der Waals surface area contributed by atoms with Crippen molar-refractivity contribution >= 4 is 15.9 Å². The Bertz CT molecular complexity index is 700. The summed E-state index contributed by atoms with van der Waals surface area (Å²) in [6, 6.07) is 6.38. The van der Waals surface area contributed by atoms with E-state index in [1.54, 1.807) is 4.90 Å². The fourth-order valence-electron chi connectivity index (χ4n) is 3.50. The fraction of sp³-hybridized carbons (Fsp3) is 0.588. The normalized spacial score (nSPS) is 19.4. The van der Waals surface area contributed by atoms with Gasteiger partial charge < -0.3 is 4.90 Å². The summed E-state index contributed by atoms with van der Waals surface area (Å²) in [7, 11) is -3.17. The lowest BCUT2D eigenvalue weighted by atomic mass is 10.0. The predicted octanol–water partition coefficient (Wildman–Crippen LogP) is 1.21. The van der Waals surface area contributed by atoms with Crippen molar-refractivity contribution in [3.63, 3.8) is 0 Å². The Morgan fingerprint density at radius 1 is 1.04 bits per heavy atom. The van der Waals surface area contributed by atoms with Gasteiger partial charge in [0, 0.05) is 26.2 Å². The van der Waals surface area contributed by atoms with Crippen LogP contribution >= 0.6 is 0 Å². The van der Waals surface area contributed by atoms with Gasteiger partial charge in [-0.25, -0.2) is 12.7 Å². The molecule has 0 saturated carbocycles. The zero-order chi connectivity index (χ0) is 16.4. The van der Waals surface area contributed by atoms with E-state index in [1.165, 1.54) is 28.1 Å². The predicted molar refractivity (Wildman–Crippen MR) is 89.8 cm³/mol. The average Bonchev–Trinajstić information content (AvgIpc) is 2.79. The van der Waals surface area contributed by atoms with E-state index >= 15 is 0 Å². The molecule has 23 heavy (non-hydrogen) atoms. The van der Waals surface area contributed by atoms with Crippen molar-refractivity contribution in [2.75, 3.05) is 32.4 Å². The molecule has 0 radical (unpaired) electrons. The largest absolute Gasteiger partial charge is 0.341 e. The molecule has 5 nitrogen and oxygen atoms in total. The summed E-state index contributed by atoms with van der Waals surface area (Å²) in [5.41, 5.74) is 3.87. The number of nitrogens with zero attached hydrogens (tertiary/aromatic N) is 2. The Hall–Kier alpha value is -1.40. The summed E-state index contributed by atoms with van der Waals surface area (Å²) in [5.74, 6) is 0.0956. The molecule has 1 saturated heterocycles. The number of fused-ring (bicyclic) bond motifs is 1. The third kappa shape index (κ3) is 3.93. The lowest BCUT2D eigenvalue weighted by molar-refractivity contribution is -0.130. The van der Waals surface area contributed by atoms with Gasteiger partial charge in [-0.3, -0.25) is 4.79 Å². The van der Waals surface area contributed by atoms with E-state index in [0.29, 0.717) is 39.0 Å². The molecule has 0 aromatic heterocycles. The van der Waals surface area contributed by atoms with Crippen LogP contribution in [0.25, 0.3) is 0 Å². The van der Waals surface area contributed by atoms with Crippen LogP contribution in [0.1, 0.15) is 29.5 Å². The highest BCUT2D eigenvalue weighted by Gasteiger charge is 2.24. The minimum atomic E-state index is -3.17. The van der Waals surface area contributed by atoms with Gasteiger partial charge in [0.15, 0.2) is 0 Å². The van der Waals surface area contributed by atoms with Crippen LogP contribution in [0.4, 0.5) is 0 Å². The molecule has 0 N–H and O–H groups in total. The van der Waals surface area contributed by atoms with Gasteiger partial charge in [0.1, 0.15) is 0 Å². The Kier molecular flexibility index (Phi) is 4.73. The Labute approximate surface area is 138 Å². The number of aryl methyl sites for hydroxylation is 2. The molecule has 0 atom stereocenters. The second-order valence-electron chi connectivity index (χ2n) is 6.53. The van der Waals surface area contributed by atoms with Crippen LogP contribution in [0.5, 0.6) is 0 Å². The third-order valence-corrected chi connectivity index (χ3v) is 6.10. The lowest BCUT2D eigenvalue weighted by Crippen LogP contribution is -2.37. The van der Waals surface area contributed by atoms with Crippen LogP contribution in [0, 0.1) is 0 Å². The van der Waals surface area contributed by atoms with Gasteiger partial charge in [-0.1, -0.05) is 18.2 Å². The quantitative estimate of drug-likeness (QED) is 0.834. The molecule has 1 aliphatic carbocycles. The Balaban J connectivity index is 1.62. The molecule has 1 heterocycles. The number of carbonyl (C=O) groups excluding carboxylic acids is 1. The number of sulfonamides is 1. The molecule has 1 amide bonds. The van der Waals surface area contributed by atoms with Gasteiger partial charge >= 0.3 is 0 Å². The molecule has 3 rings (SSSR count). The van der Waals surface area contributed by atoms with Crippen LogP contribution in [0.15, 0.2) is 18.2 Å². The van der Waals surface area contributed by atoms with Crippen LogP contribution in [-0.4, -0.2) is 56.0 Å². The summed E-state index contributed by atoms with van der Waals surface area (Å²) in [6.45, 7) is 2.02. The van der Waals surface area contributed by atoms with E-state index in [0.717, 1.165) is 18.4 Å². The zero-order valence-corrected chi connectivity index (χ0v) is 14.4. The third-order valence-electron chi connectivity index (χ3n) is 4.79. The van der Waals surface area contributed by atoms with Gasteiger partial charge in [0.2, 0.25) is 15.9 Å². The SMILES string of the molecule is CS(=O)(=O)N1CCCN(C(=O)Cc2ccc3c(c2)CCC3)CC1. The molecule has 1 aromatic carbocycles. The van der Waals surface area contributed by atoms with Crippen LogP contribution < -0.4 is 0 Å². The van der Waals surface area contributed by atoms with Crippen molar-refractivity contribution in [1.29, 1.82) is 0 Å². The lowest BCUT2D eigenvalue weighted by Gasteiger charge is -2.21. The number of carbonyl (C=O) groups is 1. The highest BCUT2D eigenvalue weighted by molar-refractivity contribution is 7.88. The van der Waals surface area contributed by atoms with E-state index in [2.05, 4.69) is 18.2 Å².